The highest BCUT2D eigenvalue weighted by atomic mass is 35.5. The van der Waals surface area contributed by atoms with Crippen molar-refractivity contribution < 1.29 is 13.2 Å². The van der Waals surface area contributed by atoms with Gasteiger partial charge in [-0.15, -0.1) is 10.2 Å². The van der Waals surface area contributed by atoms with Gasteiger partial charge in [0.05, 0.1) is 16.5 Å². The average Bonchev–Trinajstić information content (AvgIpc) is 2.86. The third-order valence-corrected chi connectivity index (χ3v) is 4.08. The van der Waals surface area contributed by atoms with E-state index in [9.17, 15) is 8.42 Å². The molecule has 6 nitrogen and oxygen atoms in total. The second-order valence-electron chi connectivity index (χ2n) is 3.32. The summed E-state index contributed by atoms with van der Waals surface area (Å²) in [7, 11) is -3.70. The summed E-state index contributed by atoms with van der Waals surface area (Å²) in [6.07, 6.45) is 2.23. The van der Waals surface area contributed by atoms with E-state index in [1.165, 1.54) is 18.2 Å². The minimum Gasteiger partial charge on any atom is -0.492 e. The van der Waals surface area contributed by atoms with Crippen molar-refractivity contribution >= 4 is 21.6 Å². The smallest absolute Gasteiger partial charge is 0.270 e. The summed E-state index contributed by atoms with van der Waals surface area (Å²) in [5, 5.41) is 7.29. The van der Waals surface area contributed by atoms with Gasteiger partial charge in [-0.3, -0.25) is 0 Å². The van der Waals surface area contributed by atoms with E-state index in [1.807, 2.05) is 0 Å². The highest BCUT2D eigenvalue weighted by Crippen LogP contribution is 2.28. The number of rotatable bonds is 4. The lowest BCUT2D eigenvalue weighted by Crippen LogP contribution is -2.11. The molecule has 0 aliphatic carbocycles. The molecule has 1 heterocycles. The van der Waals surface area contributed by atoms with Crippen molar-refractivity contribution in [1.82, 2.24) is 14.2 Å². The zero-order chi connectivity index (χ0) is 13.2. The molecule has 0 saturated heterocycles. The number of benzene rings is 1. The first kappa shape index (κ1) is 12.8. The molecular weight excluding hydrogens is 278 g/mol. The van der Waals surface area contributed by atoms with Crippen LogP contribution in [0.2, 0.25) is 5.02 Å². The van der Waals surface area contributed by atoms with Crippen LogP contribution in [0.4, 0.5) is 0 Å². The molecule has 8 heteroatoms. The molecule has 1 aromatic heterocycles. The van der Waals surface area contributed by atoms with E-state index in [2.05, 4.69) is 10.2 Å². The Bertz CT molecular complexity index is 640. The quantitative estimate of drug-likeness (QED) is 0.853. The summed E-state index contributed by atoms with van der Waals surface area (Å²) in [5.41, 5.74) is 0. The molecular formula is C10H10ClN3O3S. The Labute approximate surface area is 109 Å². The van der Waals surface area contributed by atoms with E-state index in [-0.39, 0.29) is 4.90 Å². The van der Waals surface area contributed by atoms with Crippen LogP contribution in [-0.4, -0.2) is 29.2 Å². The van der Waals surface area contributed by atoms with Crippen molar-refractivity contribution in [1.29, 1.82) is 0 Å². The van der Waals surface area contributed by atoms with Crippen LogP contribution < -0.4 is 4.74 Å². The maximum absolute atomic E-state index is 12.1. The number of nitrogens with zero attached hydrogens (tertiary/aromatic N) is 3. The molecule has 2 rings (SSSR count). The van der Waals surface area contributed by atoms with Gasteiger partial charge in [-0.1, -0.05) is 11.6 Å². The van der Waals surface area contributed by atoms with Gasteiger partial charge in [-0.25, -0.2) is 12.4 Å². The Balaban J connectivity index is 2.49. The Hall–Kier alpha value is -1.60. The van der Waals surface area contributed by atoms with Gasteiger partial charge in [0.2, 0.25) is 0 Å². The molecule has 96 valence electrons. The number of ether oxygens (including phenoxy) is 1. The van der Waals surface area contributed by atoms with Crippen LogP contribution in [0.3, 0.4) is 0 Å². The summed E-state index contributed by atoms with van der Waals surface area (Å²) in [6.45, 7) is 2.19. The number of halogens is 1. The highest BCUT2D eigenvalue weighted by molar-refractivity contribution is 7.90. The minimum atomic E-state index is -3.70. The highest BCUT2D eigenvalue weighted by Gasteiger charge is 2.18. The summed E-state index contributed by atoms with van der Waals surface area (Å²) in [5.74, 6) is 0.327. The molecule has 0 radical (unpaired) electrons. The monoisotopic (exact) mass is 287 g/mol. The minimum absolute atomic E-state index is 0.0650. The summed E-state index contributed by atoms with van der Waals surface area (Å²) < 4.78 is 30.5. The van der Waals surface area contributed by atoms with Crippen molar-refractivity contribution in [3.8, 4) is 5.75 Å². The molecule has 0 amide bonds. The van der Waals surface area contributed by atoms with Crippen LogP contribution in [0, 0.1) is 0 Å². The second kappa shape index (κ2) is 4.95. The molecule has 0 bridgehead atoms. The van der Waals surface area contributed by atoms with Crippen LogP contribution in [0.25, 0.3) is 0 Å². The first-order chi connectivity index (χ1) is 8.55. The Kier molecular flexibility index (Phi) is 3.53. The van der Waals surface area contributed by atoms with Crippen LogP contribution in [0.5, 0.6) is 5.75 Å². The maximum Gasteiger partial charge on any atom is 0.270 e. The topological polar surface area (TPSA) is 74.1 Å². The van der Waals surface area contributed by atoms with Gasteiger partial charge in [-0.2, -0.15) is 0 Å². The van der Waals surface area contributed by atoms with E-state index in [0.29, 0.717) is 17.4 Å². The van der Waals surface area contributed by atoms with Crippen molar-refractivity contribution in [2.75, 3.05) is 6.61 Å². The van der Waals surface area contributed by atoms with Crippen molar-refractivity contribution in [3.05, 3.63) is 35.9 Å². The number of hydrogen-bond donors (Lipinski definition) is 0. The van der Waals surface area contributed by atoms with E-state index >= 15 is 0 Å². The second-order valence-corrected chi connectivity index (χ2v) is 5.57. The fourth-order valence-corrected chi connectivity index (χ4v) is 2.59. The molecule has 0 aliphatic rings. The van der Waals surface area contributed by atoms with Gasteiger partial charge in [0.25, 0.3) is 10.0 Å². The maximum atomic E-state index is 12.1. The third kappa shape index (κ3) is 2.32. The van der Waals surface area contributed by atoms with Gasteiger partial charge < -0.3 is 4.74 Å². The first-order valence-electron chi connectivity index (χ1n) is 5.08. The number of aromatic nitrogens is 3. The normalized spacial score (nSPS) is 11.4. The molecule has 1 aromatic carbocycles. The van der Waals surface area contributed by atoms with Gasteiger partial charge in [0.15, 0.2) is 0 Å². The van der Waals surface area contributed by atoms with Crippen molar-refractivity contribution in [2.45, 2.75) is 11.8 Å². The molecule has 18 heavy (non-hydrogen) atoms. The Morgan fingerprint density at radius 3 is 2.61 bits per heavy atom. The van der Waals surface area contributed by atoms with Crippen LogP contribution >= 0.6 is 11.6 Å². The molecule has 0 saturated carbocycles. The molecule has 2 aromatic rings. The molecule has 0 unspecified atom stereocenters. The molecule has 0 N–H and O–H groups in total. The van der Waals surface area contributed by atoms with Crippen LogP contribution in [-0.2, 0) is 10.0 Å². The predicted octanol–water partition coefficient (Wildman–Crippen LogP) is 1.57. The van der Waals surface area contributed by atoms with Crippen molar-refractivity contribution in [2.24, 2.45) is 0 Å². The van der Waals surface area contributed by atoms with Crippen LogP contribution in [0.15, 0.2) is 35.7 Å². The third-order valence-electron chi connectivity index (χ3n) is 2.18. The molecule has 0 atom stereocenters. The largest absolute Gasteiger partial charge is 0.492 e. The molecule has 0 fully saturated rings. The lowest BCUT2D eigenvalue weighted by atomic mass is 10.3. The van der Waals surface area contributed by atoms with Gasteiger partial charge >= 0.3 is 0 Å². The lowest BCUT2D eigenvalue weighted by Gasteiger charge is -2.09. The standard InChI is InChI=1S/C10H10ClN3O3S/c1-2-17-10-5-8(3-4-9(10)11)18(15,16)14-6-12-13-7-14/h3-7H,2H2,1H3. The zero-order valence-corrected chi connectivity index (χ0v) is 11.0. The van der Waals surface area contributed by atoms with Crippen LogP contribution in [0.1, 0.15) is 6.92 Å². The van der Waals surface area contributed by atoms with Gasteiger partial charge in [0, 0.05) is 6.07 Å². The predicted molar refractivity (Wildman–Crippen MR) is 65.2 cm³/mol. The fraction of sp³-hybridized carbons (Fsp3) is 0.200. The molecule has 0 spiro atoms. The SMILES string of the molecule is CCOc1cc(S(=O)(=O)n2cnnc2)ccc1Cl. The molecule has 0 aliphatic heterocycles. The average molecular weight is 288 g/mol. The summed E-state index contributed by atoms with van der Waals surface area (Å²) in [6, 6.07) is 4.26. The van der Waals surface area contributed by atoms with Crippen molar-refractivity contribution in [3.63, 3.8) is 0 Å². The lowest BCUT2D eigenvalue weighted by molar-refractivity contribution is 0.339. The summed E-state index contributed by atoms with van der Waals surface area (Å²) >= 11 is 5.90. The summed E-state index contributed by atoms with van der Waals surface area (Å²) in [4.78, 5) is 0.0650. The van der Waals surface area contributed by atoms with Gasteiger partial charge in [-0.05, 0) is 19.1 Å². The fourth-order valence-electron chi connectivity index (χ4n) is 1.35. The Morgan fingerprint density at radius 1 is 1.33 bits per heavy atom. The van der Waals surface area contributed by atoms with E-state index in [0.717, 1.165) is 16.6 Å². The zero-order valence-electron chi connectivity index (χ0n) is 9.45. The van der Waals surface area contributed by atoms with E-state index in [1.54, 1.807) is 6.92 Å². The van der Waals surface area contributed by atoms with E-state index < -0.39 is 10.0 Å². The van der Waals surface area contributed by atoms with E-state index in [4.69, 9.17) is 16.3 Å². The van der Waals surface area contributed by atoms with Gasteiger partial charge in [0.1, 0.15) is 18.4 Å². The number of hydrogen-bond acceptors (Lipinski definition) is 5. The Morgan fingerprint density at radius 2 is 2.00 bits per heavy atom. The first-order valence-corrected chi connectivity index (χ1v) is 6.90.